The number of fused-ring (bicyclic) bond motifs is 1. The monoisotopic (exact) mass is 285 g/mol. The van der Waals surface area contributed by atoms with E-state index in [4.69, 9.17) is 4.42 Å². The highest BCUT2D eigenvalue weighted by Crippen LogP contribution is 2.20. The molecule has 21 heavy (non-hydrogen) atoms. The van der Waals surface area contributed by atoms with Gasteiger partial charge in [-0.1, -0.05) is 18.2 Å². The summed E-state index contributed by atoms with van der Waals surface area (Å²) in [6, 6.07) is 8.95. The SMILES string of the molecule is Cc1cn(CC(=O)c2cc3ccccc3o2)nc1[N+](=O)[O-]. The van der Waals surface area contributed by atoms with Gasteiger partial charge in [-0.15, -0.1) is 0 Å². The molecule has 0 N–H and O–H groups in total. The number of rotatable bonds is 4. The summed E-state index contributed by atoms with van der Waals surface area (Å²) in [5, 5.41) is 15.4. The minimum atomic E-state index is -0.572. The van der Waals surface area contributed by atoms with E-state index in [9.17, 15) is 14.9 Å². The van der Waals surface area contributed by atoms with E-state index in [0.717, 1.165) is 5.39 Å². The predicted octanol–water partition coefficient (Wildman–Crippen LogP) is 2.73. The molecular formula is C14H11N3O4. The third kappa shape index (κ3) is 2.40. The second kappa shape index (κ2) is 4.86. The quantitative estimate of drug-likeness (QED) is 0.417. The fraction of sp³-hybridized carbons (Fsp3) is 0.143. The first-order valence-corrected chi connectivity index (χ1v) is 6.25. The van der Waals surface area contributed by atoms with Crippen molar-refractivity contribution in [2.45, 2.75) is 13.5 Å². The van der Waals surface area contributed by atoms with Crippen LogP contribution in [0.25, 0.3) is 11.0 Å². The maximum atomic E-state index is 12.1. The Morgan fingerprint density at radius 3 is 2.86 bits per heavy atom. The topological polar surface area (TPSA) is 91.2 Å². The Bertz CT molecular complexity index is 814. The Labute approximate surface area is 118 Å². The van der Waals surface area contributed by atoms with Gasteiger partial charge in [0.1, 0.15) is 12.1 Å². The van der Waals surface area contributed by atoms with Crippen LogP contribution in [0.4, 0.5) is 5.82 Å². The first kappa shape index (κ1) is 13.0. The Balaban J connectivity index is 1.86. The lowest BCUT2D eigenvalue weighted by molar-refractivity contribution is -0.390. The predicted molar refractivity (Wildman–Crippen MR) is 74.2 cm³/mol. The Hall–Kier alpha value is -2.96. The van der Waals surface area contributed by atoms with Gasteiger partial charge in [0.25, 0.3) is 0 Å². The molecule has 2 aromatic heterocycles. The fourth-order valence-corrected chi connectivity index (χ4v) is 2.12. The van der Waals surface area contributed by atoms with Crippen LogP contribution in [0.3, 0.4) is 0 Å². The Morgan fingerprint density at radius 2 is 2.19 bits per heavy atom. The number of aryl methyl sites for hydroxylation is 1. The summed E-state index contributed by atoms with van der Waals surface area (Å²) in [6.45, 7) is 1.47. The van der Waals surface area contributed by atoms with Crippen LogP contribution in [-0.4, -0.2) is 20.5 Å². The second-order valence-electron chi connectivity index (χ2n) is 4.66. The van der Waals surface area contributed by atoms with Crippen molar-refractivity contribution in [2.24, 2.45) is 0 Å². The highest BCUT2D eigenvalue weighted by atomic mass is 16.6. The van der Waals surface area contributed by atoms with Crippen molar-refractivity contribution < 1.29 is 14.1 Å². The van der Waals surface area contributed by atoms with Crippen molar-refractivity contribution in [2.75, 3.05) is 0 Å². The molecule has 0 unspecified atom stereocenters. The minimum absolute atomic E-state index is 0.103. The number of nitro groups is 1. The molecule has 2 heterocycles. The number of carbonyl (C=O) groups is 1. The first-order valence-electron chi connectivity index (χ1n) is 6.25. The summed E-state index contributed by atoms with van der Waals surface area (Å²) in [5.74, 6) is -0.317. The van der Waals surface area contributed by atoms with E-state index in [1.165, 1.54) is 10.9 Å². The number of Topliss-reactive ketones (excluding diaryl/α,β-unsaturated/α-hetero) is 1. The molecule has 0 amide bonds. The number of furan rings is 1. The van der Waals surface area contributed by atoms with Gasteiger partial charge in [0.05, 0.1) is 16.9 Å². The van der Waals surface area contributed by atoms with Crippen molar-refractivity contribution >= 4 is 22.6 Å². The summed E-state index contributed by atoms with van der Waals surface area (Å²) in [7, 11) is 0. The van der Waals surface area contributed by atoms with Crippen LogP contribution in [0, 0.1) is 17.0 Å². The largest absolute Gasteiger partial charge is 0.453 e. The van der Waals surface area contributed by atoms with Crippen molar-refractivity contribution in [3.05, 3.63) is 58.0 Å². The maximum Gasteiger partial charge on any atom is 0.392 e. The number of benzene rings is 1. The zero-order valence-electron chi connectivity index (χ0n) is 11.1. The fourth-order valence-electron chi connectivity index (χ4n) is 2.12. The summed E-state index contributed by atoms with van der Waals surface area (Å²) >= 11 is 0. The molecule has 0 atom stereocenters. The normalized spacial score (nSPS) is 10.9. The molecule has 3 rings (SSSR count). The number of carbonyl (C=O) groups excluding carboxylic acids is 1. The molecule has 1 aromatic carbocycles. The maximum absolute atomic E-state index is 12.1. The molecule has 7 nitrogen and oxygen atoms in total. The van der Waals surface area contributed by atoms with Crippen molar-refractivity contribution in [1.29, 1.82) is 0 Å². The standard InChI is InChI=1S/C14H11N3O4/c1-9-7-16(15-14(9)17(19)20)8-11(18)13-6-10-4-2-3-5-12(10)21-13/h2-7H,8H2,1H3. The van der Waals surface area contributed by atoms with Crippen LogP contribution in [0.2, 0.25) is 0 Å². The van der Waals surface area contributed by atoms with Gasteiger partial charge < -0.3 is 14.5 Å². The van der Waals surface area contributed by atoms with Crippen LogP contribution in [-0.2, 0) is 6.54 Å². The number of ketones is 1. The van der Waals surface area contributed by atoms with E-state index in [1.54, 1.807) is 19.1 Å². The molecule has 0 aliphatic heterocycles. The Morgan fingerprint density at radius 1 is 1.43 bits per heavy atom. The highest BCUT2D eigenvalue weighted by Gasteiger charge is 2.20. The van der Waals surface area contributed by atoms with E-state index >= 15 is 0 Å². The molecule has 0 saturated carbocycles. The number of hydrogen-bond donors (Lipinski definition) is 0. The molecule has 0 aliphatic rings. The molecule has 106 valence electrons. The molecule has 0 radical (unpaired) electrons. The smallest absolute Gasteiger partial charge is 0.392 e. The van der Waals surface area contributed by atoms with Gasteiger partial charge in [-0.25, -0.2) is 0 Å². The van der Waals surface area contributed by atoms with E-state index < -0.39 is 4.92 Å². The lowest BCUT2D eigenvalue weighted by Crippen LogP contribution is -2.10. The highest BCUT2D eigenvalue weighted by molar-refractivity contribution is 5.97. The minimum Gasteiger partial charge on any atom is -0.453 e. The summed E-state index contributed by atoms with van der Waals surface area (Å²) in [6.07, 6.45) is 1.47. The average Bonchev–Trinajstić information content (AvgIpc) is 3.02. The molecule has 7 heteroatoms. The van der Waals surface area contributed by atoms with E-state index in [-0.39, 0.29) is 23.9 Å². The van der Waals surface area contributed by atoms with E-state index in [0.29, 0.717) is 11.1 Å². The van der Waals surface area contributed by atoms with Gasteiger partial charge in [-0.2, -0.15) is 4.68 Å². The van der Waals surface area contributed by atoms with Gasteiger partial charge in [0, 0.05) is 5.39 Å². The zero-order chi connectivity index (χ0) is 15.0. The van der Waals surface area contributed by atoms with Gasteiger partial charge in [0.2, 0.25) is 5.78 Å². The number of hydrogen-bond acceptors (Lipinski definition) is 5. The van der Waals surface area contributed by atoms with Gasteiger partial charge >= 0.3 is 5.82 Å². The summed E-state index contributed by atoms with van der Waals surface area (Å²) in [5.41, 5.74) is 1.04. The Kier molecular flexibility index (Phi) is 3.02. The van der Waals surface area contributed by atoms with Crippen LogP contribution in [0.1, 0.15) is 16.1 Å². The van der Waals surface area contributed by atoms with Crippen molar-refractivity contribution in [3.8, 4) is 0 Å². The van der Waals surface area contributed by atoms with Crippen molar-refractivity contribution in [1.82, 2.24) is 9.78 Å². The van der Waals surface area contributed by atoms with Gasteiger partial charge in [0.15, 0.2) is 5.76 Å². The summed E-state index contributed by atoms with van der Waals surface area (Å²) in [4.78, 5) is 22.3. The number of nitrogens with zero attached hydrogens (tertiary/aromatic N) is 3. The third-order valence-electron chi connectivity index (χ3n) is 3.10. The second-order valence-corrected chi connectivity index (χ2v) is 4.66. The zero-order valence-corrected chi connectivity index (χ0v) is 11.1. The molecule has 0 aliphatic carbocycles. The van der Waals surface area contributed by atoms with Crippen LogP contribution in [0.5, 0.6) is 0 Å². The van der Waals surface area contributed by atoms with Crippen LogP contribution < -0.4 is 0 Å². The van der Waals surface area contributed by atoms with Crippen LogP contribution in [0.15, 0.2) is 40.9 Å². The van der Waals surface area contributed by atoms with Gasteiger partial charge in [-0.05, 0) is 24.0 Å². The summed E-state index contributed by atoms with van der Waals surface area (Å²) < 4.78 is 6.71. The average molecular weight is 285 g/mol. The number of para-hydroxylation sites is 1. The van der Waals surface area contributed by atoms with E-state index in [2.05, 4.69) is 5.10 Å². The third-order valence-corrected chi connectivity index (χ3v) is 3.10. The molecule has 3 aromatic rings. The van der Waals surface area contributed by atoms with E-state index in [1.807, 2.05) is 18.2 Å². The molecule has 0 bridgehead atoms. The molecule has 0 fully saturated rings. The first-order chi connectivity index (χ1) is 10.0. The van der Waals surface area contributed by atoms with Crippen molar-refractivity contribution in [3.63, 3.8) is 0 Å². The van der Waals surface area contributed by atoms with Crippen LogP contribution >= 0.6 is 0 Å². The lowest BCUT2D eigenvalue weighted by Gasteiger charge is -1.93. The molecule has 0 spiro atoms. The van der Waals surface area contributed by atoms with Gasteiger partial charge in [-0.3, -0.25) is 4.79 Å². The molecule has 0 saturated heterocycles. The lowest BCUT2D eigenvalue weighted by atomic mass is 10.2. The number of aromatic nitrogens is 2. The molecular weight excluding hydrogens is 274 g/mol.